The second-order valence-electron chi connectivity index (χ2n) is 14.5. The van der Waals surface area contributed by atoms with E-state index in [1.165, 1.54) is 20.2 Å². The number of ether oxygens (including phenoxy) is 5. The molecule has 0 aromatic carbocycles. The summed E-state index contributed by atoms with van der Waals surface area (Å²) in [6, 6.07) is -0.280. The topological polar surface area (TPSA) is 174 Å². The molecule has 1 amide bonds. The van der Waals surface area contributed by atoms with Gasteiger partial charge in [0.25, 0.3) is 5.91 Å². The van der Waals surface area contributed by atoms with Gasteiger partial charge in [0.15, 0.2) is 6.29 Å². The van der Waals surface area contributed by atoms with Crippen molar-refractivity contribution in [3.8, 4) is 0 Å². The molecule has 14 atom stereocenters. The summed E-state index contributed by atoms with van der Waals surface area (Å²) < 4.78 is 31.0. The third-order valence-electron chi connectivity index (χ3n) is 10.3. The highest BCUT2D eigenvalue weighted by atomic mass is 16.7. The number of esters is 1. The number of cyclic esters (lactones) is 1. The molecule has 0 saturated carbocycles. The number of likely N-dealkylation sites (N-methyl/N-ethyl adjacent to an activating group) is 1. The number of aliphatic imine (C=N–C) groups is 1. The van der Waals surface area contributed by atoms with Crippen molar-refractivity contribution in [3.05, 3.63) is 0 Å². The van der Waals surface area contributed by atoms with Gasteiger partial charge in [-0.25, -0.2) is 4.99 Å². The van der Waals surface area contributed by atoms with Gasteiger partial charge in [0.2, 0.25) is 0 Å². The predicted octanol–water partition coefficient (Wildman–Crippen LogP) is 2.55. The van der Waals surface area contributed by atoms with Gasteiger partial charge >= 0.3 is 5.97 Å². The molecule has 13 heteroatoms. The second-order valence-corrected chi connectivity index (χ2v) is 14.5. The van der Waals surface area contributed by atoms with Gasteiger partial charge in [-0.2, -0.15) is 0 Å². The van der Waals surface area contributed by atoms with E-state index < -0.39 is 90.2 Å². The lowest BCUT2D eigenvalue weighted by Crippen LogP contribution is -2.60. The van der Waals surface area contributed by atoms with Crippen LogP contribution in [0.3, 0.4) is 0 Å². The molecule has 2 heterocycles. The number of methoxy groups -OCH3 is 1. The molecule has 2 fully saturated rings. The molecular formula is C35H62N2O11. The monoisotopic (exact) mass is 686 g/mol. The summed E-state index contributed by atoms with van der Waals surface area (Å²) in [6.45, 7) is 14.8. The third kappa shape index (κ3) is 9.90. The van der Waals surface area contributed by atoms with Gasteiger partial charge in [0.1, 0.15) is 30.2 Å². The van der Waals surface area contributed by atoms with Crippen molar-refractivity contribution in [2.45, 2.75) is 148 Å². The third-order valence-corrected chi connectivity index (χ3v) is 10.3. The summed E-state index contributed by atoms with van der Waals surface area (Å²) in [6.07, 6.45) is -4.28. The molecule has 13 nitrogen and oxygen atoms in total. The van der Waals surface area contributed by atoms with Crippen molar-refractivity contribution in [3.63, 3.8) is 0 Å². The Morgan fingerprint density at radius 1 is 1.08 bits per heavy atom. The molecule has 48 heavy (non-hydrogen) atoms. The molecular weight excluding hydrogens is 624 g/mol. The fourth-order valence-electron chi connectivity index (χ4n) is 7.27. The lowest BCUT2D eigenvalue weighted by Gasteiger charge is -2.48. The second kappa shape index (κ2) is 17.9. The molecule has 0 aromatic rings. The lowest BCUT2D eigenvalue weighted by atomic mass is 9.74. The molecule has 0 aromatic heterocycles. The van der Waals surface area contributed by atoms with Gasteiger partial charge in [-0.05, 0) is 67.5 Å². The SMILES string of the molecule is CCC=NC(=O)CO[C@H]1[C@H](C)[C@@H](O[C@@H]2O[C@H](C)C[C@H](N(C)C)[C@H]2O)[C@@](C)(OC)C[C@@H](C)C(=O)[C@H](C)[C@@H](O)[C@](C)(O)[C@@H](CC)OC(=O)[C@@H]1C. The lowest BCUT2D eigenvalue weighted by molar-refractivity contribution is -0.302. The minimum Gasteiger partial charge on any atom is -0.459 e. The van der Waals surface area contributed by atoms with Crippen LogP contribution in [0.2, 0.25) is 0 Å². The Balaban J connectivity index is 2.75. The largest absolute Gasteiger partial charge is 0.459 e. The van der Waals surface area contributed by atoms with E-state index in [1.54, 1.807) is 41.5 Å². The number of Topliss-reactive ketones (excluding diaryl/α,β-unsaturated/α-hetero) is 1. The number of ketones is 1. The van der Waals surface area contributed by atoms with Crippen molar-refractivity contribution >= 4 is 23.9 Å². The van der Waals surface area contributed by atoms with Crippen LogP contribution in [0.5, 0.6) is 0 Å². The Hall–Kier alpha value is -1.84. The van der Waals surface area contributed by atoms with Gasteiger partial charge in [0, 0.05) is 37.1 Å². The van der Waals surface area contributed by atoms with E-state index in [0.29, 0.717) is 12.8 Å². The number of aliphatic hydroxyl groups is 3. The Morgan fingerprint density at radius 2 is 1.71 bits per heavy atom. The summed E-state index contributed by atoms with van der Waals surface area (Å²) in [5.41, 5.74) is -3.20. The zero-order chi connectivity index (χ0) is 36.7. The highest BCUT2D eigenvalue weighted by Crippen LogP contribution is 2.40. The summed E-state index contributed by atoms with van der Waals surface area (Å²) in [7, 11) is 5.22. The number of rotatable bonds is 9. The number of hydrogen-bond donors (Lipinski definition) is 3. The number of carbonyl (C=O) groups excluding carboxylic acids is 3. The fraction of sp³-hybridized carbons (Fsp3) is 0.886. The van der Waals surface area contributed by atoms with E-state index in [-0.39, 0.29) is 30.8 Å². The minimum absolute atomic E-state index is 0.106. The molecule has 0 spiro atoms. The molecule has 2 aliphatic heterocycles. The van der Waals surface area contributed by atoms with E-state index >= 15 is 0 Å². The van der Waals surface area contributed by atoms with Gasteiger partial charge in [-0.15, -0.1) is 0 Å². The van der Waals surface area contributed by atoms with Gasteiger partial charge in [0.05, 0.1) is 35.9 Å². The number of hydrogen-bond acceptors (Lipinski definition) is 12. The first-order valence-electron chi connectivity index (χ1n) is 17.3. The number of aliphatic hydroxyl groups excluding tert-OH is 2. The van der Waals surface area contributed by atoms with Crippen LogP contribution in [0.4, 0.5) is 0 Å². The normalized spacial score (nSPS) is 42.5. The van der Waals surface area contributed by atoms with Crippen LogP contribution in [0.25, 0.3) is 0 Å². The van der Waals surface area contributed by atoms with E-state index in [1.807, 2.05) is 32.8 Å². The molecule has 0 bridgehead atoms. The van der Waals surface area contributed by atoms with Crippen molar-refractivity contribution in [2.24, 2.45) is 28.7 Å². The maximum Gasteiger partial charge on any atom is 0.311 e. The van der Waals surface area contributed by atoms with Crippen molar-refractivity contribution in [1.29, 1.82) is 0 Å². The average Bonchev–Trinajstić information content (AvgIpc) is 3.03. The Labute approximate surface area is 286 Å². The molecule has 3 N–H and O–H groups in total. The van der Waals surface area contributed by atoms with E-state index in [2.05, 4.69) is 4.99 Å². The molecule has 0 aliphatic carbocycles. The number of carbonyl (C=O) groups is 3. The molecule has 0 radical (unpaired) electrons. The van der Waals surface area contributed by atoms with E-state index in [0.717, 1.165) is 0 Å². The quantitative estimate of drug-likeness (QED) is 0.239. The van der Waals surface area contributed by atoms with Crippen LogP contribution in [-0.4, -0.2) is 132 Å². The average molecular weight is 687 g/mol. The maximum absolute atomic E-state index is 13.8. The summed E-state index contributed by atoms with van der Waals surface area (Å²) in [5, 5.41) is 34.2. The predicted molar refractivity (Wildman–Crippen MR) is 179 cm³/mol. The highest BCUT2D eigenvalue weighted by molar-refractivity contribution is 5.85. The molecule has 278 valence electrons. The zero-order valence-corrected chi connectivity index (χ0v) is 31.0. The van der Waals surface area contributed by atoms with E-state index in [4.69, 9.17) is 23.7 Å². The minimum atomic E-state index is -1.96. The van der Waals surface area contributed by atoms with Crippen LogP contribution in [0.1, 0.15) is 88.0 Å². The van der Waals surface area contributed by atoms with Crippen molar-refractivity contribution in [1.82, 2.24) is 4.90 Å². The molecule has 2 rings (SSSR count). The highest BCUT2D eigenvalue weighted by Gasteiger charge is 2.52. The van der Waals surface area contributed by atoms with Crippen molar-refractivity contribution in [2.75, 3.05) is 27.8 Å². The molecule has 2 saturated heterocycles. The van der Waals surface area contributed by atoms with Crippen LogP contribution < -0.4 is 0 Å². The van der Waals surface area contributed by atoms with E-state index in [9.17, 15) is 29.7 Å². The molecule has 0 unspecified atom stereocenters. The standard InChI is InChI=1S/C35H62N2O11/c1-13-15-36-26(38)18-45-29-22(6)31(48-33-28(40)24(37(10)11)16-20(4)46-33)34(8,44-12)17-19(3)27(39)21(5)30(41)35(9,43)25(14-2)47-32(42)23(29)7/h15,19-25,28-31,33,40-41,43H,13-14,16-18H2,1-12H3/t19-,20-,21+,22+,23-,24+,25-,28-,29+,30-,31-,33+,34+,35-/m1/s1. The number of amides is 1. The van der Waals surface area contributed by atoms with Gasteiger partial charge < -0.3 is 43.9 Å². The molecule has 2 aliphatic rings. The Morgan fingerprint density at radius 3 is 2.25 bits per heavy atom. The fourth-order valence-corrected chi connectivity index (χ4v) is 7.27. The van der Waals surface area contributed by atoms with Gasteiger partial charge in [-0.1, -0.05) is 34.6 Å². The van der Waals surface area contributed by atoms with Crippen LogP contribution in [0.15, 0.2) is 4.99 Å². The summed E-state index contributed by atoms with van der Waals surface area (Å²) in [5.74, 6) is -5.05. The first kappa shape index (κ1) is 42.3. The first-order valence-corrected chi connectivity index (χ1v) is 17.3. The first-order chi connectivity index (χ1) is 22.3. The van der Waals surface area contributed by atoms with Crippen LogP contribution in [-0.2, 0) is 38.1 Å². The summed E-state index contributed by atoms with van der Waals surface area (Å²) in [4.78, 5) is 46.1. The van der Waals surface area contributed by atoms with Crippen LogP contribution in [0, 0.1) is 23.7 Å². The Kier molecular flexibility index (Phi) is 15.8. The van der Waals surface area contributed by atoms with Crippen molar-refractivity contribution < 1.29 is 53.4 Å². The summed E-state index contributed by atoms with van der Waals surface area (Å²) >= 11 is 0. The Bertz CT molecular complexity index is 1100. The number of nitrogens with zero attached hydrogens (tertiary/aromatic N) is 2. The smallest absolute Gasteiger partial charge is 0.311 e. The zero-order valence-electron chi connectivity index (χ0n) is 31.0. The van der Waals surface area contributed by atoms with Crippen LogP contribution >= 0.6 is 0 Å². The van der Waals surface area contributed by atoms with Gasteiger partial charge in [-0.3, -0.25) is 14.4 Å². The maximum atomic E-state index is 13.8.